The molecule has 1 aromatic heterocycles. The largest absolute Gasteiger partial charge is 0.463 e. The Bertz CT molecular complexity index is 1570. The first kappa shape index (κ1) is 24.3. The number of nitrogens with zero attached hydrogens (tertiary/aromatic N) is 2. The summed E-state index contributed by atoms with van der Waals surface area (Å²) in [6.07, 6.45) is 1.72. The number of rotatable bonds is 5. The van der Waals surface area contributed by atoms with Crippen LogP contribution in [0, 0.1) is 0 Å². The lowest BCUT2D eigenvalue weighted by molar-refractivity contribution is -0.139. The predicted molar refractivity (Wildman–Crippen MR) is 139 cm³/mol. The lowest BCUT2D eigenvalue weighted by atomic mass is 9.93. The molecule has 7 nitrogen and oxygen atoms in total. The number of esters is 1. The maximum Gasteiger partial charge on any atom is 0.338 e. The molecule has 1 atom stereocenters. The Morgan fingerprint density at radius 2 is 1.94 bits per heavy atom. The van der Waals surface area contributed by atoms with E-state index < -0.39 is 12.0 Å². The summed E-state index contributed by atoms with van der Waals surface area (Å²) in [5.41, 5.74) is 3.23. The Morgan fingerprint density at radius 1 is 1.25 bits per heavy atom. The minimum atomic E-state index is -0.657. The lowest BCUT2D eigenvalue weighted by Gasteiger charge is -2.25. The van der Waals surface area contributed by atoms with Crippen molar-refractivity contribution in [2.75, 3.05) is 13.4 Å². The molecule has 9 heteroatoms. The second kappa shape index (κ2) is 9.59. The van der Waals surface area contributed by atoms with Crippen molar-refractivity contribution < 1.29 is 19.0 Å². The van der Waals surface area contributed by atoms with E-state index in [1.165, 1.54) is 16.9 Å². The van der Waals surface area contributed by atoms with Gasteiger partial charge in [-0.2, -0.15) is 0 Å². The summed E-state index contributed by atoms with van der Waals surface area (Å²) in [5, 5.41) is 0.439. The maximum absolute atomic E-state index is 13.8. The van der Waals surface area contributed by atoms with Crippen molar-refractivity contribution in [1.29, 1.82) is 0 Å². The SMILES string of the molecule is CCOC(=O)C1=C(C)N=c2s/c(=C/c3cc4c(cc3Cl)OCO4)c(=O)n2[C@@H]1c1ccc(C(C)C)cc1. The zero-order valence-corrected chi connectivity index (χ0v) is 21.9. The molecule has 0 saturated heterocycles. The second-order valence-corrected chi connectivity index (χ2v) is 10.3. The van der Waals surface area contributed by atoms with E-state index in [1.54, 1.807) is 36.6 Å². The Balaban J connectivity index is 1.69. The quantitative estimate of drug-likeness (QED) is 0.465. The van der Waals surface area contributed by atoms with E-state index >= 15 is 0 Å². The van der Waals surface area contributed by atoms with Crippen LogP contribution in [0.5, 0.6) is 11.5 Å². The Morgan fingerprint density at radius 3 is 2.61 bits per heavy atom. The summed E-state index contributed by atoms with van der Waals surface area (Å²) in [6.45, 7) is 8.11. The first-order valence-corrected chi connectivity index (χ1v) is 12.9. The minimum Gasteiger partial charge on any atom is -0.463 e. The van der Waals surface area contributed by atoms with Gasteiger partial charge in [-0.15, -0.1) is 0 Å². The monoisotopic (exact) mass is 524 g/mol. The molecule has 36 heavy (non-hydrogen) atoms. The van der Waals surface area contributed by atoms with E-state index in [0.717, 1.165) is 5.56 Å². The van der Waals surface area contributed by atoms with Gasteiger partial charge in [-0.1, -0.05) is 61.1 Å². The van der Waals surface area contributed by atoms with E-state index in [2.05, 4.69) is 18.8 Å². The van der Waals surface area contributed by atoms with Gasteiger partial charge < -0.3 is 14.2 Å². The standard InChI is InChI=1S/C27H25ClN2O5S/c1-5-33-26(32)23-15(4)29-27-30(24(23)17-8-6-16(7-9-17)14(2)3)25(31)22(36-27)11-18-10-20-21(12-19(18)28)35-13-34-20/h6-12,14,24H,5,13H2,1-4H3/b22-11+/t24-/m1/s1. The van der Waals surface area contributed by atoms with Crippen molar-refractivity contribution in [3.63, 3.8) is 0 Å². The number of aromatic nitrogens is 1. The van der Waals surface area contributed by atoms with Gasteiger partial charge in [0.05, 0.1) is 33.5 Å². The number of fused-ring (bicyclic) bond motifs is 2. The minimum absolute atomic E-state index is 0.128. The summed E-state index contributed by atoms with van der Waals surface area (Å²) in [6, 6.07) is 10.7. The highest BCUT2D eigenvalue weighted by Gasteiger charge is 2.33. The van der Waals surface area contributed by atoms with Crippen molar-refractivity contribution in [2.24, 2.45) is 4.99 Å². The molecule has 5 rings (SSSR count). The molecule has 2 aromatic carbocycles. The lowest BCUT2D eigenvalue weighted by Crippen LogP contribution is -2.39. The molecule has 3 aromatic rings. The third-order valence-electron chi connectivity index (χ3n) is 6.21. The number of ether oxygens (including phenoxy) is 3. The van der Waals surface area contributed by atoms with Crippen LogP contribution in [-0.4, -0.2) is 23.9 Å². The van der Waals surface area contributed by atoms with Crippen LogP contribution in [0.2, 0.25) is 5.02 Å². The molecule has 0 fully saturated rings. The Labute approximate surface area is 216 Å². The van der Waals surface area contributed by atoms with Gasteiger partial charge in [-0.05, 0) is 48.6 Å². The van der Waals surface area contributed by atoms with E-state index in [9.17, 15) is 9.59 Å². The number of hydrogen-bond acceptors (Lipinski definition) is 7. The molecule has 186 valence electrons. The van der Waals surface area contributed by atoms with Gasteiger partial charge in [0.25, 0.3) is 5.56 Å². The molecular weight excluding hydrogens is 500 g/mol. The summed E-state index contributed by atoms with van der Waals surface area (Å²) >= 11 is 7.71. The van der Waals surface area contributed by atoms with Crippen LogP contribution in [0.1, 0.15) is 56.3 Å². The summed E-state index contributed by atoms with van der Waals surface area (Å²) in [5.74, 6) is 1.01. The molecule has 0 unspecified atom stereocenters. The number of hydrogen-bond donors (Lipinski definition) is 0. The molecular formula is C27H25ClN2O5S. The molecule has 0 amide bonds. The first-order chi connectivity index (χ1) is 17.3. The molecule has 2 aliphatic rings. The third-order valence-corrected chi connectivity index (χ3v) is 7.52. The van der Waals surface area contributed by atoms with Crippen molar-refractivity contribution in [3.05, 3.63) is 89.1 Å². The van der Waals surface area contributed by atoms with Gasteiger partial charge in [-0.3, -0.25) is 9.36 Å². The van der Waals surface area contributed by atoms with Crippen LogP contribution in [0.15, 0.2) is 57.5 Å². The van der Waals surface area contributed by atoms with Crippen LogP contribution in [0.4, 0.5) is 0 Å². The summed E-state index contributed by atoms with van der Waals surface area (Å²) in [7, 11) is 0. The number of thiazole rings is 1. The van der Waals surface area contributed by atoms with Crippen LogP contribution >= 0.6 is 22.9 Å². The number of halogens is 1. The van der Waals surface area contributed by atoms with Gasteiger partial charge in [0.1, 0.15) is 0 Å². The molecule has 3 heterocycles. The zero-order chi connectivity index (χ0) is 25.6. The van der Waals surface area contributed by atoms with Gasteiger partial charge in [0, 0.05) is 6.07 Å². The molecule has 0 aliphatic carbocycles. The highest BCUT2D eigenvalue weighted by Crippen LogP contribution is 2.37. The van der Waals surface area contributed by atoms with Crippen LogP contribution < -0.4 is 24.4 Å². The highest BCUT2D eigenvalue weighted by atomic mass is 35.5. The number of carbonyl (C=O) groups excluding carboxylic acids is 1. The molecule has 0 N–H and O–H groups in total. The third kappa shape index (κ3) is 4.24. The van der Waals surface area contributed by atoms with Gasteiger partial charge in [0.2, 0.25) is 6.79 Å². The molecule has 2 aliphatic heterocycles. The van der Waals surface area contributed by atoms with E-state index in [0.29, 0.717) is 48.6 Å². The fourth-order valence-electron chi connectivity index (χ4n) is 4.35. The number of carbonyl (C=O) groups is 1. The predicted octanol–water partition coefficient (Wildman–Crippen LogP) is 4.30. The van der Waals surface area contributed by atoms with E-state index in [-0.39, 0.29) is 19.0 Å². The van der Waals surface area contributed by atoms with Crippen molar-refractivity contribution >= 4 is 35.0 Å². The Hall–Kier alpha value is -3.36. The molecule has 0 saturated carbocycles. The molecule has 0 radical (unpaired) electrons. The maximum atomic E-state index is 13.8. The van der Waals surface area contributed by atoms with Crippen LogP contribution in [0.3, 0.4) is 0 Å². The van der Waals surface area contributed by atoms with E-state index in [1.807, 2.05) is 24.3 Å². The van der Waals surface area contributed by atoms with E-state index in [4.69, 9.17) is 25.8 Å². The van der Waals surface area contributed by atoms with Crippen LogP contribution in [0.25, 0.3) is 6.08 Å². The summed E-state index contributed by atoms with van der Waals surface area (Å²) < 4.78 is 18.2. The van der Waals surface area contributed by atoms with Crippen molar-refractivity contribution in [2.45, 2.75) is 39.7 Å². The normalized spacial score (nSPS) is 16.8. The number of allylic oxidation sites excluding steroid dienone is 1. The number of benzene rings is 2. The second-order valence-electron chi connectivity index (χ2n) is 8.85. The Kier molecular flexibility index (Phi) is 6.49. The van der Waals surface area contributed by atoms with Crippen LogP contribution in [-0.2, 0) is 9.53 Å². The van der Waals surface area contributed by atoms with Gasteiger partial charge in [-0.25, -0.2) is 9.79 Å². The zero-order valence-electron chi connectivity index (χ0n) is 20.3. The van der Waals surface area contributed by atoms with Gasteiger partial charge in [0.15, 0.2) is 16.3 Å². The van der Waals surface area contributed by atoms with Crippen molar-refractivity contribution in [1.82, 2.24) is 4.57 Å². The highest BCUT2D eigenvalue weighted by molar-refractivity contribution is 7.07. The topological polar surface area (TPSA) is 79.1 Å². The van der Waals surface area contributed by atoms with Gasteiger partial charge >= 0.3 is 5.97 Å². The molecule has 0 spiro atoms. The first-order valence-electron chi connectivity index (χ1n) is 11.7. The average molecular weight is 525 g/mol. The van der Waals surface area contributed by atoms with Crippen molar-refractivity contribution in [3.8, 4) is 11.5 Å². The molecule has 0 bridgehead atoms. The average Bonchev–Trinajstić information content (AvgIpc) is 3.42. The fourth-order valence-corrected chi connectivity index (χ4v) is 5.60. The fraction of sp³-hybridized carbons (Fsp3) is 0.296. The summed E-state index contributed by atoms with van der Waals surface area (Å²) in [4.78, 5) is 31.9. The smallest absolute Gasteiger partial charge is 0.338 e.